The first-order valence-corrected chi connectivity index (χ1v) is 7.81. The Hall–Kier alpha value is -2.36. The fraction of sp³-hybridized carbons (Fsp3) is 0.368. The zero-order valence-electron chi connectivity index (χ0n) is 14.0. The lowest BCUT2D eigenvalue weighted by Gasteiger charge is -2.18. The molecule has 0 saturated carbocycles. The zero-order valence-corrected chi connectivity index (χ0v) is 14.0. The summed E-state index contributed by atoms with van der Waals surface area (Å²) in [5.74, 6) is -0.720. The largest absolute Gasteiger partial charge is 0.467 e. The van der Waals surface area contributed by atoms with Crippen molar-refractivity contribution in [3.05, 3.63) is 54.1 Å². The Kier molecular flexibility index (Phi) is 8.43. The van der Waals surface area contributed by atoms with Crippen LogP contribution in [-0.2, 0) is 14.3 Å². The van der Waals surface area contributed by atoms with Gasteiger partial charge in [-0.15, -0.1) is 0 Å². The minimum absolute atomic E-state index is 0.0198. The summed E-state index contributed by atoms with van der Waals surface area (Å²) in [4.78, 5) is 23.4. The van der Waals surface area contributed by atoms with Crippen LogP contribution in [0.25, 0.3) is 6.08 Å². The molecule has 1 N–H and O–H groups in total. The molecule has 0 bridgehead atoms. The van der Waals surface area contributed by atoms with Crippen LogP contribution in [0.15, 0.2) is 48.6 Å². The van der Waals surface area contributed by atoms with Crippen molar-refractivity contribution >= 4 is 18.0 Å². The summed E-state index contributed by atoms with van der Waals surface area (Å²) in [5, 5.41) is 2.67. The van der Waals surface area contributed by atoms with Crippen LogP contribution >= 0.6 is 0 Å². The van der Waals surface area contributed by atoms with Crippen LogP contribution in [0.4, 0.5) is 0 Å². The number of esters is 1. The maximum absolute atomic E-state index is 11.8. The number of benzene rings is 1. The predicted octanol–water partition coefficient (Wildman–Crippen LogP) is 3.35. The zero-order chi connectivity index (χ0) is 17.1. The maximum atomic E-state index is 11.8. The number of ether oxygens (including phenoxy) is 1. The molecular formula is C19H25NO3. The molecule has 0 fully saturated rings. The molecule has 0 saturated heterocycles. The van der Waals surface area contributed by atoms with Gasteiger partial charge in [-0.05, 0) is 30.4 Å². The van der Waals surface area contributed by atoms with Crippen molar-refractivity contribution in [2.75, 3.05) is 7.11 Å². The Morgan fingerprint density at radius 1 is 1.13 bits per heavy atom. The van der Waals surface area contributed by atoms with Gasteiger partial charge in [0.25, 0.3) is 0 Å². The summed E-state index contributed by atoms with van der Waals surface area (Å²) in [7, 11) is 1.32. The van der Waals surface area contributed by atoms with E-state index in [1.54, 1.807) is 6.08 Å². The van der Waals surface area contributed by atoms with Gasteiger partial charge in [-0.1, -0.05) is 62.4 Å². The summed E-state index contributed by atoms with van der Waals surface area (Å²) >= 11 is 0. The summed E-state index contributed by atoms with van der Waals surface area (Å²) < 4.78 is 4.69. The molecule has 0 aromatic heterocycles. The Morgan fingerprint density at radius 3 is 2.39 bits per heavy atom. The number of unbranched alkanes of at least 4 members (excludes halogenated alkanes) is 1. The summed E-state index contributed by atoms with van der Waals surface area (Å²) in [6, 6.07) is 9.44. The number of carbonyl (C=O) groups is 2. The van der Waals surface area contributed by atoms with E-state index in [0.717, 1.165) is 18.4 Å². The molecule has 124 valence electrons. The van der Waals surface area contributed by atoms with Crippen LogP contribution in [0.5, 0.6) is 0 Å². The molecule has 1 aromatic rings. The van der Waals surface area contributed by atoms with Crippen LogP contribution < -0.4 is 5.32 Å². The highest BCUT2D eigenvalue weighted by Crippen LogP contribution is 2.05. The highest BCUT2D eigenvalue weighted by molar-refractivity contribution is 5.91. The lowest BCUT2D eigenvalue weighted by molar-refractivity contribution is -0.145. The van der Waals surface area contributed by atoms with Gasteiger partial charge < -0.3 is 10.1 Å². The second-order valence-corrected chi connectivity index (χ2v) is 5.55. The molecule has 1 rings (SSSR count). The standard InChI is InChI=1S/C19H25NO3/c1-15(2)18(19(22)23-3)20-17(21)14-10-5-4-7-11-16-12-8-6-9-13-16/h6-15,18H,4-5H2,1-3H3,(H,20,21)/b11-7-,14-10+. The highest BCUT2D eigenvalue weighted by atomic mass is 16.5. The number of amides is 1. The average molecular weight is 315 g/mol. The van der Waals surface area contributed by atoms with E-state index in [1.807, 2.05) is 44.2 Å². The summed E-state index contributed by atoms with van der Waals surface area (Å²) in [6.07, 6.45) is 9.02. The fourth-order valence-corrected chi connectivity index (χ4v) is 1.99. The first-order chi connectivity index (χ1) is 11.0. The van der Waals surface area contributed by atoms with Crippen molar-refractivity contribution in [1.29, 1.82) is 0 Å². The van der Waals surface area contributed by atoms with Gasteiger partial charge in [0.05, 0.1) is 7.11 Å². The van der Waals surface area contributed by atoms with Gasteiger partial charge in [-0.3, -0.25) is 4.79 Å². The topological polar surface area (TPSA) is 55.4 Å². The molecule has 0 spiro atoms. The molecule has 0 aliphatic rings. The van der Waals surface area contributed by atoms with Crippen LogP contribution in [0.2, 0.25) is 0 Å². The Bertz CT molecular complexity index is 547. The average Bonchev–Trinajstić information content (AvgIpc) is 2.55. The quantitative estimate of drug-likeness (QED) is 0.455. The normalized spacial score (nSPS) is 12.7. The SMILES string of the molecule is COC(=O)C(NC(=O)/C=C/CC/C=C\c1ccccc1)C(C)C. The molecule has 0 heterocycles. The molecule has 0 aliphatic carbocycles. The van der Waals surface area contributed by atoms with E-state index in [4.69, 9.17) is 0 Å². The molecule has 1 atom stereocenters. The monoisotopic (exact) mass is 315 g/mol. The maximum Gasteiger partial charge on any atom is 0.328 e. The van der Waals surface area contributed by atoms with Gasteiger partial charge >= 0.3 is 5.97 Å². The van der Waals surface area contributed by atoms with E-state index in [0.29, 0.717) is 0 Å². The van der Waals surface area contributed by atoms with E-state index in [-0.39, 0.29) is 11.8 Å². The Morgan fingerprint density at radius 2 is 1.78 bits per heavy atom. The summed E-state index contributed by atoms with van der Waals surface area (Å²) in [6.45, 7) is 3.72. The first-order valence-electron chi connectivity index (χ1n) is 7.81. The second-order valence-electron chi connectivity index (χ2n) is 5.55. The van der Waals surface area contributed by atoms with Crippen LogP contribution in [0, 0.1) is 5.92 Å². The van der Waals surface area contributed by atoms with Crippen molar-refractivity contribution < 1.29 is 14.3 Å². The third kappa shape index (κ3) is 7.45. The molecule has 4 heteroatoms. The van der Waals surface area contributed by atoms with Crippen LogP contribution in [-0.4, -0.2) is 25.0 Å². The smallest absolute Gasteiger partial charge is 0.328 e. The van der Waals surface area contributed by atoms with E-state index in [2.05, 4.69) is 22.2 Å². The lowest BCUT2D eigenvalue weighted by atomic mass is 10.0. The van der Waals surface area contributed by atoms with E-state index in [1.165, 1.54) is 13.2 Å². The Labute approximate surface area is 138 Å². The minimum atomic E-state index is -0.616. The van der Waals surface area contributed by atoms with E-state index >= 15 is 0 Å². The Balaban J connectivity index is 2.35. The fourth-order valence-electron chi connectivity index (χ4n) is 1.99. The van der Waals surface area contributed by atoms with Crippen molar-refractivity contribution in [3.63, 3.8) is 0 Å². The highest BCUT2D eigenvalue weighted by Gasteiger charge is 2.23. The number of hydrogen-bond acceptors (Lipinski definition) is 3. The molecule has 0 radical (unpaired) electrons. The van der Waals surface area contributed by atoms with Gasteiger partial charge in [-0.25, -0.2) is 4.79 Å². The molecule has 1 amide bonds. The molecule has 1 aromatic carbocycles. The molecule has 1 unspecified atom stereocenters. The van der Waals surface area contributed by atoms with Crippen molar-refractivity contribution in [1.82, 2.24) is 5.32 Å². The van der Waals surface area contributed by atoms with Crippen molar-refractivity contribution in [2.24, 2.45) is 5.92 Å². The third-order valence-corrected chi connectivity index (χ3v) is 3.30. The van der Waals surface area contributed by atoms with Crippen LogP contribution in [0.1, 0.15) is 32.3 Å². The number of carbonyl (C=O) groups excluding carboxylic acids is 2. The van der Waals surface area contributed by atoms with E-state index in [9.17, 15) is 9.59 Å². The van der Waals surface area contributed by atoms with Crippen molar-refractivity contribution in [2.45, 2.75) is 32.7 Å². The number of allylic oxidation sites excluding steroid dienone is 2. The molecule has 4 nitrogen and oxygen atoms in total. The summed E-state index contributed by atoms with van der Waals surface area (Å²) in [5.41, 5.74) is 1.16. The minimum Gasteiger partial charge on any atom is -0.467 e. The number of methoxy groups -OCH3 is 1. The van der Waals surface area contributed by atoms with Gasteiger partial charge in [-0.2, -0.15) is 0 Å². The molecule has 0 aliphatic heterocycles. The van der Waals surface area contributed by atoms with Gasteiger partial charge in [0.2, 0.25) is 5.91 Å². The number of nitrogens with one attached hydrogen (secondary N) is 1. The van der Waals surface area contributed by atoms with Gasteiger partial charge in [0.15, 0.2) is 0 Å². The number of rotatable bonds is 8. The predicted molar refractivity (Wildman–Crippen MR) is 92.6 cm³/mol. The first kappa shape index (κ1) is 18.7. The third-order valence-electron chi connectivity index (χ3n) is 3.30. The number of hydrogen-bond donors (Lipinski definition) is 1. The van der Waals surface area contributed by atoms with Crippen molar-refractivity contribution in [3.8, 4) is 0 Å². The van der Waals surface area contributed by atoms with Gasteiger partial charge in [0.1, 0.15) is 6.04 Å². The van der Waals surface area contributed by atoms with Crippen LogP contribution in [0.3, 0.4) is 0 Å². The van der Waals surface area contributed by atoms with Gasteiger partial charge in [0, 0.05) is 0 Å². The molecule has 23 heavy (non-hydrogen) atoms. The molecular weight excluding hydrogens is 290 g/mol. The lowest BCUT2D eigenvalue weighted by Crippen LogP contribution is -2.44. The van der Waals surface area contributed by atoms with E-state index < -0.39 is 12.0 Å². The second kappa shape index (κ2) is 10.4.